The Bertz CT molecular complexity index is 485. The van der Waals surface area contributed by atoms with Crippen LogP contribution < -0.4 is 4.90 Å². The first kappa shape index (κ1) is 14.6. The highest BCUT2D eigenvalue weighted by atomic mass is 19.4. The SMILES string of the molecule is O=C(O)CN1CCN(c2cc(C(F)(F)F)ccn2)CC1. The number of aromatic nitrogens is 1. The molecule has 1 fully saturated rings. The molecule has 1 aromatic rings. The van der Waals surface area contributed by atoms with Crippen molar-refractivity contribution >= 4 is 11.8 Å². The summed E-state index contributed by atoms with van der Waals surface area (Å²) >= 11 is 0. The van der Waals surface area contributed by atoms with Gasteiger partial charge in [0.25, 0.3) is 0 Å². The summed E-state index contributed by atoms with van der Waals surface area (Å²) in [5.41, 5.74) is -0.726. The Morgan fingerprint density at radius 3 is 2.50 bits per heavy atom. The maximum Gasteiger partial charge on any atom is 0.416 e. The van der Waals surface area contributed by atoms with Gasteiger partial charge in [-0.1, -0.05) is 0 Å². The van der Waals surface area contributed by atoms with Crippen LogP contribution in [-0.4, -0.2) is 53.7 Å². The summed E-state index contributed by atoms with van der Waals surface area (Å²) in [4.78, 5) is 18.0. The molecule has 0 unspecified atom stereocenters. The zero-order chi connectivity index (χ0) is 14.8. The van der Waals surface area contributed by atoms with Gasteiger partial charge >= 0.3 is 12.1 Å². The number of pyridine rings is 1. The first-order valence-corrected chi connectivity index (χ1v) is 6.08. The summed E-state index contributed by atoms with van der Waals surface area (Å²) in [5.74, 6) is -0.634. The van der Waals surface area contributed by atoms with Crippen LogP contribution in [0, 0.1) is 0 Å². The van der Waals surface area contributed by atoms with Crippen molar-refractivity contribution in [2.24, 2.45) is 0 Å². The smallest absolute Gasteiger partial charge is 0.416 e. The summed E-state index contributed by atoms with van der Waals surface area (Å²) in [6.45, 7) is 1.85. The third kappa shape index (κ3) is 3.60. The van der Waals surface area contributed by atoms with Gasteiger partial charge in [-0.2, -0.15) is 13.2 Å². The van der Waals surface area contributed by atoms with Crippen molar-refractivity contribution in [1.29, 1.82) is 0 Å². The molecule has 1 aromatic heterocycles. The van der Waals surface area contributed by atoms with E-state index in [1.54, 1.807) is 9.80 Å². The first-order valence-electron chi connectivity index (χ1n) is 6.08. The number of alkyl halides is 3. The molecule has 0 aliphatic carbocycles. The molecule has 8 heteroatoms. The number of piperazine rings is 1. The topological polar surface area (TPSA) is 56.7 Å². The fraction of sp³-hybridized carbons (Fsp3) is 0.500. The second-order valence-electron chi connectivity index (χ2n) is 4.56. The Morgan fingerprint density at radius 1 is 1.30 bits per heavy atom. The van der Waals surface area contributed by atoms with E-state index >= 15 is 0 Å². The highest BCUT2D eigenvalue weighted by Crippen LogP contribution is 2.30. The Hall–Kier alpha value is -1.83. The number of carbonyl (C=O) groups is 1. The molecule has 2 rings (SSSR count). The lowest BCUT2D eigenvalue weighted by atomic mass is 10.2. The molecule has 2 heterocycles. The maximum absolute atomic E-state index is 12.6. The van der Waals surface area contributed by atoms with Crippen LogP contribution in [0.2, 0.25) is 0 Å². The molecular weight excluding hydrogens is 275 g/mol. The van der Waals surface area contributed by atoms with Crippen LogP contribution in [0.1, 0.15) is 5.56 Å². The number of hydrogen-bond acceptors (Lipinski definition) is 4. The van der Waals surface area contributed by atoms with Crippen LogP contribution in [0.5, 0.6) is 0 Å². The van der Waals surface area contributed by atoms with E-state index < -0.39 is 17.7 Å². The number of carboxylic acids is 1. The predicted octanol–water partition coefficient (Wildman–Crippen LogP) is 1.31. The predicted molar refractivity (Wildman–Crippen MR) is 65.5 cm³/mol. The molecule has 0 amide bonds. The van der Waals surface area contributed by atoms with E-state index in [4.69, 9.17) is 5.11 Å². The largest absolute Gasteiger partial charge is 0.480 e. The van der Waals surface area contributed by atoms with Crippen LogP contribution in [0.25, 0.3) is 0 Å². The number of nitrogens with zero attached hydrogens (tertiary/aromatic N) is 3. The maximum atomic E-state index is 12.6. The third-order valence-corrected chi connectivity index (χ3v) is 3.13. The molecule has 110 valence electrons. The molecule has 0 bridgehead atoms. The van der Waals surface area contributed by atoms with Crippen molar-refractivity contribution in [2.75, 3.05) is 37.6 Å². The van der Waals surface area contributed by atoms with Crippen LogP contribution in [0.15, 0.2) is 18.3 Å². The van der Waals surface area contributed by atoms with Crippen LogP contribution in [0.4, 0.5) is 19.0 Å². The summed E-state index contributed by atoms with van der Waals surface area (Å²) < 4.78 is 37.9. The number of aliphatic carboxylic acids is 1. The third-order valence-electron chi connectivity index (χ3n) is 3.13. The van der Waals surface area contributed by atoms with Gasteiger partial charge in [0.15, 0.2) is 0 Å². The molecule has 1 aliphatic rings. The molecule has 1 aliphatic heterocycles. The van der Waals surface area contributed by atoms with Gasteiger partial charge < -0.3 is 10.0 Å². The van der Waals surface area contributed by atoms with Crippen molar-refractivity contribution in [3.8, 4) is 0 Å². The van der Waals surface area contributed by atoms with Gasteiger partial charge in [-0.05, 0) is 12.1 Å². The molecular formula is C12H14F3N3O2. The number of rotatable bonds is 3. The lowest BCUT2D eigenvalue weighted by Crippen LogP contribution is -2.48. The molecule has 5 nitrogen and oxygen atoms in total. The monoisotopic (exact) mass is 289 g/mol. The highest BCUT2D eigenvalue weighted by Gasteiger charge is 2.31. The average Bonchev–Trinajstić information content (AvgIpc) is 2.38. The molecule has 0 spiro atoms. The molecule has 1 saturated heterocycles. The van der Waals surface area contributed by atoms with Crippen molar-refractivity contribution in [3.05, 3.63) is 23.9 Å². The van der Waals surface area contributed by atoms with E-state index in [0.29, 0.717) is 26.2 Å². The number of anilines is 1. The summed E-state index contributed by atoms with van der Waals surface area (Å²) in [6.07, 6.45) is -3.25. The molecule has 0 aromatic carbocycles. The van der Waals surface area contributed by atoms with Gasteiger partial charge in [-0.15, -0.1) is 0 Å². The molecule has 0 saturated carbocycles. The van der Waals surface area contributed by atoms with E-state index in [0.717, 1.165) is 18.3 Å². The van der Waals surface area contributed by atoms with Crippen molar-refractivity contribution in [2.45, 2.75) is 6.18 Å². The van der Waals surface area contributed by atoms with Crippen LogP contribution in [-0.2, 0) is 11.0 Å². The van der Waals surface area contributed by atoms with Gasteiger partial charge in [-0.3, -0.25) is 9.69 Å². The Labute approximate surface area is 113 Å². The quantitative estimate of drug-likeness (QED) is 0.909. The zero-order valence-corrected chi connectivity index (χ0v) is 10.6. The molecule has 0 atom stereocenters. The van der Waals surface area contributed by atoms with Gasteiger partial charge in [0.1, 0.15) is 5.82 Å². The van der Waals surface area contributed by atoms with Crippen LogP contribution >= 0.6 is 0 Å². The standard InChI is InChI=1S/C12H14F3N3O2/c13-12(14,15)9-1-2-16-10(7-9)18-5-3-17(4-6-18)8-11(19)20/h1-2,7H,3-6,8H2,(H,19,20). The number of carboxylic acid groups (broad SMARTS) is 1. The summed E-state index contributed by atoms with van der Waals surface area (Å²) in [5, 5.41) is 8.68. The molecule has 0 radical (unpaired) electrons. The minimum Gasteiger partial charge on any atom is -0.480 e. The highest BCUT2D eigenvalue weighted by molar-refractivity contribution is 5.69. The van der Waals surface area contributed by atoms with Gasteiger partial charge in [0, 0.05) is 32.4 Å². The van der Waals surface area contributed by atoms with E-state index in [-0.39, 0.29) is 12.4 Å². The first-order chi connectivity index (χ1) is 9.36. The fourth-order valence-corrected chi connectivity index (χ4v) is 2.09. The normalized spacial score (nSPS) is 17.2. The molecule has 1 N–H and O–H groups in total. The van der Waals surface area contributed by atoms with E-state index in [1.165, 1.54) is 0 Å². The second-order valence-corrected chi connectivity index (χ2v) is 4.56. The molecule has 20 heavy (non-hydrogen) atoms. The van der Waals surface area contributed by atoms with Gasteiger partial charge in [0.2, 0.25) is 0 Å². The lowest BCUT2D eigenvalue weighted by Gasteiger charge is -2.34. The summed E-state index contributed by atoms with van der Waals surface area (Å²) in [7, 11) is 0. The number of hydrogen-bond donors (Lipinski definition) is 1. The van der Waals surface area contributed by atoms with Crippen molar-refractivity contribution < 1.29 is 23.1 Å². The number of halogens is 3. The summed E-state index contributed by atoms with van der Waals surface area (Å²) in [6, 6.07) is 1.96. The van der Waals surface area contributed by atoms with Crippen LogP contribution in [0.3, 0.4) is 0 Å². The Kier molecular flexibility index (Phi) is 4.12. The average molecular weight is 289 g/mol. The van der Waals surface area contributed by atoms with Gasteiger partial charge in [0.05, 0.1) is 12.1 Å². The zero-order valence-electron chi connectivity index (χ0n) is 10.6. The Morgan fingerprint density at radius 2 is 1.95 bits per heavy atom. The van der Waals surface area contributed by atoms with E-state index in [9.17, 15) is 18.0 Å². The minimum atomic E-state index is -4.39. The fourth-order valence-electron chi connectivity index (χ4n) is 2.09. The second kappa shape index (κ2) is 5.66. The van der Waals surface area contributed by atoms with Gasteiger partial charge in [-0.25, -0.2) is 4.98 Å². The minimum absolute atomic E-state index is 0.0517. The Balaban J connectivity index is 2.02. The lowest BCUT2D eigenvalue weighted by molar-refractivity contribution is -0.139. The van der Waals surface area contributed by atoms with E-state index in [1.807, 2.05) is 0 Å². The van der Waals surface area contributed by atoms with Crippen molar-refractivity contribution in [1.82, 2.24) is 9.88 Å². The van der Waals surface area contributed by atoms with Crippen molar-refractivity contribution in [3.63, 3.8) is 0 Å². The van der Waals surface area contributed by atoms with E-state index in [2.05, 4.69) is 4.98 Å².